The smallest absolute Gasteiger partial charge is 0.0266 e. The van der Waals surface area contributed by atoms with Gasteiger partial charge in [-0.05, 0) is 91.8 Å². The summed E-state index contributed by atoms with van der Waals surface area (Å²) in [4.78, 5) is 0. The topological polar surface area (TPSA) is 0 Å². The zero-order valence-corrected chi connectivity index (χ0v) is 16.8. The summed E-state index contributed by atoms with van der Waals surface area (Å²) in [7, 11) is 0. The lowest BCUT2D eigenvalue weighted by molar-refractivity contribution is -0.110. The van der Waals surface area contributed by atoms with E-state index in [2.05, 4.69) is 20.8 Å². The maximum absolute atomic E-state index is 2.71. The summed E-state index contributed by atoms with van der Waals surface area (Å²) < 4.78 is 0. The van der Waals surface area contributed by atoms with Gasteiger partial charge in [-0.25, -0.2) is 0 Å². The van der Waals surface area contributed by atoms with E-state index >= 15 is 0 Å². The van der Waals surface area contributed by atoms with Crippen molar-refractivity contribution in [2.24, 2.45) is 40.4 Å². The van der Waals surface area contributed by atoms with Crippen LogP contribution in [-0.2, 0) is 0 Å². The van der Waals surface area contributed by atoms with Crippen LogP contribution in [0.25, 0.3) is 0 Å². The van der Waals surface area contributed by atoms with Gasteiger partial charge in [-0.3, -0.25) is 0 Å². The summed E-state index contributed by atoms with van der Waals surface area (Å²) in [5.74, 6) is 5.39. The van der Waals surface area contributed by atoms with Gasteiger partial charge in [-0.1, -0.05) is 40.0 Å². The van der Waals surface area contributed by atoms with Gasteiger partial charge >= 0.3 is 0 Å². The molecule has 0 radical (unpaired) electrons. The van der Waals surface area contributed by atoms with Gasteiger partial charge in [0.25, 0.3) is 0 Å². The molecule has 0 amide bonds. The van der Waals surface area contributed by atoms with Crippen molar-refractivity contribution in [3.05, 3.63) is 0 Å². The Morgan fingerprint density at radius 1 is 0.773 bits per heavy atom. The zero-order chi connectivity index (χ0) is 14.7. The molecule has 4 aliphatic rings. The molecular formula is C21H37Br. The Labute approximate surface area is 149 Å². The minimum atomic E-state index is 0. The molecule has 0 bridgehead atoms. The molecule has 0 unspecified atom stereocenters. The van der Waals surface area contributed by atoms with Crippen LogP contribution in [-0.4, -0.2) is 0 Å². The van der Waals surface area contributed by atoms with Gasteiger partial charge in [0.2, 0.25) is 0 Å². The van der Waals surface area contributed by atoms with Gasteiger partial charge < -0.3 is 0 Å². The van der Waals surface area contributed by atoms with Gasteiger partial charge in [-0.15, -0.1) is 17.0 Å². The second kappa shape index (κ2) is 6.08. The molecule has 4 saturated carbocycles. The second-order valence-electron chi connectivity index (χ2n) is 9.63. The Balaban J connectivity index is 0.00000144. The van der Waals surface area contributed by atoms with Crippen LogP contribution in [0, 0.1) is 40.4 Å². The van der Waals surface area contributed by atoms with E-state index in [1.165, 1.54) is 19.3 Å². The van der Waals surface area contributed by atoms with Crippen LogP contribution in [0.4, 0.5) is 0 Å². The molecule has 0 heterocycles. The average Bonchev–Trinajstić information content (AvgIpc) is 2.83. The Bertz CT molecular complexity index is 405. The van der Waals surface area contributed by atoms with Gasteiger partial charge in [0.15, 0.2) is 0 Å². The number of hydrogen-bond acceptors (Lipinski definition) is 0. The summed E-state index contributed by atoms with van der Waals surface area (Å²) in [5.41, 5.74) is 1.45. The molecule has 0 spiro atoms. The lowest BCUT2D eigenvalue weighted by atomic mass is 9.45. The third-order valence-electron chi connectivity index (χ3n) is 9.27. The van der Waals surface area contributed by atoms with Crippen molar-refractivity contribution in [3.63, 3.8) is 0 Å². The van der Waals surface area contributed by atoms with Gasteiger partial charge in [-0.2, -0.15) is 0 Å². The second-order valence-corrected chi connectivity index (χ2v) is 9.63. The fourth-order valence-electron chi connectivity index (χ4n) is 8.07. The molecule has 0 saturated heterocycles. The summed E-state index contributed by atoms with van der Waals surface area (Å²) in [5, 5.41) is 0. The van der Waals surface area contributed by atoms with Gasteiger partial charge in [0.05, 0.1) is 0 Å². The molecule has 0 aromatic rings. The van der Waals surface area contributed by atoms with Crippen LogP contribution in [0.1, 0.15) is 91.4 Å². The number of fused-ring (bicyclic) bond motifs is 5. The summed E-state index contributed by atoms with van der Waals surface area (Å²) in [6, 6.07) is 0. The highest BCUT2D eigenvalue weighted by Gasteiger charge is 2.59. The van der Waals surface area contributed by atoms with E-state index in [9.17, 15) is 0 Å². The Kier molecular flexibility index (Phi) is 4.79. The Morgan fingerprint density at radius 3 is 2.32 bits per heavy atom. The third-order valence-corrected chi connectivity index (χ3v) is 9.27. The lowest BCUT2D eigenvalue weighted by Gasteiger charge is -2.60. The molecule has 4 aliphatic carbocycles. The standard InChI is InChI=1S/C21H36.BrH/c1-4-15-9-11-18-17-10-8-16-7-5-6-13-20(16,2)19(17)12-14-21(15,18)3;/h15-19H,4-14H2,1-3H3;1H/t15-,16-,17-,18-,19-,20-,21+;/m0./s1. The Hall–Kier alpha value is 0.480. The van der Waals surface area contributed by atoms with Crippen molar-refractivity contribution in [1.29, 1.82) is 0 Å². The molecule has 128 valence electrons. The first-order chi connectivity index (χ1) is 10.1. The van der Waals surface area contributed by atoms with Crippen molar-refractivity contribution < 1.29 is 0 Å². The minimum Gasteiger partial charge on any atom is -0.114 e. The SMILES string of the molecule is Br.CC[C@H]1CC[C@H]2[C@@H]3CC[C@@H]4CCCC[C@]4(C)[C@H]3CC[C@]12C. The largest absolute Gasteiger partial charge is 0.114 e. The lowest BCUT2D eigenvalue weighted by Crippen LogP contribution is -2.52. The van der Waals surface area contributed by atoms with Crippen LogP contribution < -0.4 is 0 Å². The molecule has 7 atom stereocenters. The molecule has 22 heavy (non-hydrogen) atoms. The van der Waals surface area contributed by atoms with Crippen LogP contribution in [0.15, 0.2) is 0 Å². The summed E-state index contributed by atoms with van der Waals surface area (Å²) >= 11 is 0. The molecule has 0 aliphatic heterocycles. The molecule has 4 rings (SSSR count). The first-order valence-electron chi connectivity index (χ1n) is 10.1. The fourth-order valence-corrected chi connectivity index (χ4v) is 8.07. The van der Waals surface area contributed by atoms with Crippen LogP contribution >= 0.6 is 17.0 Å². The molecular weight excluding hydrogens is 332 g/mol. The van der Waals surface area contributed by atoms with Crippen molar-refractivity contribution in [2.75, 3.05) is 0 Å². The summed E-state index contributed by atoms with van der Waals surface area (Å²) in [6.45, 7) is 7.84. The summed E-state index contributed by atoms with van der Waals surface area (Å²) in [6.07, 6.45) is 17.0. The highest BCUT2D eigenvalue weighted by atomic mass is 79.9. The molecule has 0 N–H and O–H groups in total. The Morgan fingerprint density at radius 2 is 1.55 bits per heavy atom. The number of rotatable bonds is 1. The molecule has 1 heteroatoms. The predicted octanol–water partition coefficient (Wildman–Crippen LogP) is 7.02. The molecule has 4 fully saturated rings. The molecule has 0 nitrogen and oxygen atoms in total. The van der Waals surface area contributed by atoms with Crippen LogP contribution in [0.2, 0.25) is 0 Å². The maximum Gasteiger partial charge on any atom is -0.0266 e. The highest BCUT2D eigenvalue weighted by molar-refractivity contribution is 8.93. The van der Waals surface area contributed by atoms with Gasteiger partial charge in [0, 0.05) is 0 Å². The number of halogens is 1. The molecule has 0 aromatic carbocycles. The van der Waals surface area contributed by atoms with E-state index < -0.39 is 0 Å². The van der Waals surface area contributed by atoms with Crippen LogP contribution in [0.3, 0.4) is 0 Å². The third kappa shape index (κ3) is 2.27. The van der Waals surface area contributed by atoms with E-state index in [1.54, 1.807) is 51.4 Å². The minimum absolute atomic E-state index is 0. The van der Waals surface area contributed by atoms with E-state index in [-0.39, 0.29) is 17.0 Å². The van der Waals surface area contributed by atoms with Gasteiger partial charge in [0.1, 0.15) is 0 Å². The van der Waals surface area contributed by atoms with E-state index in [4.69, 9.17) is 0 Å². The average molecular weight is 369 g/mol. The normalized spacial score (nSPS) is 53.9. The van der Waals surface area contributed by atoms with Crippen molar-refractivity contribution in [1.82, 2.24) is 0 Å². The van der Waals surface area contributed by atoms with Crippen molar-refractivity contribution in [3.8, 4) is 0 Å². The zero-order valence-electron chi connectivity index (χ0n) is 15.1. The molecule has 0 aromatic heterocycles. The van der Waals surface area contributed by atoms with Crippen LogP contribution in [0.5, 0.6) is 0 Å². The number of hydrogen-bond donors (Lipinski definition) is 0. The van der Waals surface area contributed by atoms with E-state index in [0.717, 1.165) is 35.0 Å². The first-order valence-corrected chi connectivity index (χ1v) is 10.1. The van der Waals surface area contributed by atoms with Crippen molar-refractivity contribution >= 4 is 17.0 Å². The first kappa shape index (κ1) is 17.3. The predicted molar refractivity (Wildman–Crippen MR) is 100 cm³/mol. The van der Waals surface area contributed by atoms with E-state index in [0.29, 0.717) is 5.41 Å². The van der Waals surface area contributed by atoms with E-state index in [1.807, 2.05) is 0 Å². The maximum atomic E-state index is 2.71. The monoisotopic (exact) mass is 368 g/mol. The quantitative estimate of drug-likeness (QED) is 0.466. The highest BCUT2D eigenvalue weighted by Crippen LogP contribution is 2.67. The van der Waals surface area contributed by atoms with Crippen molar-refractivity contribution in [2.45, 2.75) is 91.4 Å². The fraction of sp³-hybridized carbons (Fsp3) is 1.00.